The van der Waals surface area contributed by atoms with Crippen LogP contribution in [0, 0.1) is 0 Å². The molecule has 0 spiro atoms. The zero-order valence-electron chi connectivity index (χ0n) is 36.7. The Morgan fingerprint density at radius 1 is 0.491 bits per heavy atom. The summed E-state index contributed by atoms with van der Waals surface area (Å²) in [5.41, 5.74) is 0. The molecule has 5 nitrogen and oxygen atoms in total. The largest absolute Gasteiger partial charge is 0.501 e. The molecule has 0 aliphatic carbocycles. The zero-order valence-corrected chi connectivity index (χ0v) is 38.5. The fourth-order valence-electron chi connectivity index (χ4n) is 7.45. The first-order chi connectivity index (χ1) is 26.1. The van der Waals surface area contributed by atoms with Crippen LogP contribution >= 0.6 is 11.8 Å². The third-order valence-electron chi connectivity index (χ3n) is 10.9. The summed E-state index contributed by atoms with van der Waals surface area (Å²) in [5.74, 6) is 0.824. The van der Waals surface area contributed by atoms with Gasteiger partial charge in [0.15, 0.2) is 5.12 Å². The molecule has 0 aliphatic heterocycles. The van der Waals surface area contributed by atoms with E-state index in [-0.39, 0.29) is 0 Å². The summed E-state index contributed by atoms with van der Waals surface area (Å²) in [4.78, 5) is 12.5. The number of likely N-dealkylation sites (N-methyl/N-ethyl adjacent to an activating group) is 1. The number of carbonyl (C=O) groups is 1. The van der Waals surface area contributed by atoms with Gasteiger partial charge in [0, 0.05) is 37.5 Å². The summed E-state index contributed by atoms with van der Waals surface area (Å²) >= 11 is 1.50. The van der Waals surface area contributed by atoms with Crippen LogP contribution < -0.4 is 5.32 Å². The monoisotopic (exact) mass is 786 g/mol. The lowest BCUT2D eigenvalue weighted by Gasteiger charge is -2.30. The Balaban J connectivity index is 3.97. The van der Waals surface area contributed by atoms with Gasteiger partial charge in [-0.25, -0.2) is 0 Å². The molecule has 0 amide bonds. The molecular formula is C46H95NO4SSi. The van der Waals surface area contributed by atoms with Crippen molar-refractivity contribution in [2.75, 3.05) is 32.6 Å². The van der Waals surface area contributed by atoms with Crippen molar-refractivity contribution in [3.05, 3.63) is 0 Å². The highest BCUT2D eigenvalue weighted by Gasteiger charge is 2.40. The van der Waals surface area contributed by atoms with Crippen LogP contribution in [0.15, 0.2) is 0 Å². The molecule has 0 aromatic rings. The van der Waals surface area contributed by atoms with E-state index in [2.05, 4.69) is 19.2 Å². The van der Waals surface area contributed by atoms with Gasteiger partial charge in [-0.15, -0.1) is 0 Å². The lowest BCUT2D eigenvalue weighted by Crippen LogP contribution is -2.48. The molecule has 1 N–H and O–H groups in total. The predicted molar refractivity (Wildman–Crippen MR) is 238 cm³/mol. The molecule has 7 heteroatoms. The van der Waals surface area contributed by atoms with Gasteiger partial charge < -0.3 is 18.6 Å². The van der Waals surface area contributed by atoms with Crippen molar-refractivity contribution >= 4 is 25.7 Å². The summed E-state index contributed by atoms with van der Waals surface area (Å²) in [6, 6.07) is 1.10. The van der Waals surface area contributed by atoms with E-state index in [1.54, 1.807) is 0 Å². The van der Waals surface area contributed by atoms with Crippen molar-refractivity contribution in [3.8, 4) is 0 Å². The number of nitrogens with one attached hydrogen (secondary N) is 1. The highest BCUT2D eigenvalue weighted by molar-refractivity contribution is 8.13. The van der Waals surface area contributed by atoms with E-state index < -0.39 is 8.80 Å². The van der Waals surface area contributed by atoms with Crippen LogP contribution in [0.2, 0.25) is 6.04 Å². The molecule has 0 saturated heterocycles. The van der Waals surface area contributed by atoms with Crippen molar-refractivity contribution in [3.63, 3.8) is 0 Å². The minimum Gasteiger partial charge on any atom is -0.374 e. The first-order valence-corrected chi connectivity index (χ1v) is 26.7. The number of hydrogen-bond acceptors (Lipinski definition) is 6. The number of hydrogen-bond donors (Lipinski definition) is 1. The Kier molecular flexibility index (Phi) is 43.3. The maximum Gasteiger partial charge on any atom is 0.501 e. The van der Waals surface area contributed by atoms with Gasteiger partial charge in [-0.05, 0) is 40.2 Å². The molecule has 0 aliphatic rings. The van der Waals surface area contributed by atoms with Crippen LogP contribution in [0.3, 0.4) is 0 Å². The quantitative estimate of drug-likeness (QED) is 0.0490. The number of thioether (sulfide) groups is 1. The van der Waals surface area contributed by atoms with Crippen LogP contribution in [0.1, 0.15) is 246 Å². The maximum absolute atomic E-state index is 12.5. The molecule has 0 bridgehead atoms. The van der Waals surface area contributed by atoms with Crippen molar-refractivity contribution in [1.29, 1.82) is 0 Å². The Morgan fingerprint density at radius 3 is 1.21 bits per heavy atom. The predicted octanol–water partition coefficient (Wildman–Crippen LogP) is 15.2. The number of unbranched alkanes of at least 4 members (excludes halogenated alkanes) is 29. The number of rotatable bonds is 45. The van der Waals surface area contributed by atoms with Gasteiger partial charge >= 0.3 is 8.80 Å². The fraction of sp³-hybridized carbons (Fsp3) is 0.978. The Morgan fingerprint density at radius 2 is 0.849 bits per heavy atom. The molecule has 0 fully saturated rings. The molecule has 318 valence electrons. The summed E-state index contributed by atoms with van der Waals surface area (Å²) in [5, 5.41) is 3.83. The zero-order chi connectivity index (χ0) is 38.8. The average Bonchev–Trinajstić information content (AvgIpc) is 3.16. The van der Waals surface area contributed by atoms with E-state index in [9.17, 15) is 4.79 Å². The SMILES string of the molecule is CCCCCCCCCCCCCCCCCCCCC(CO[Si](CCCSC(=O)CCCCCCCCCCCCCCC)(OCC)OCC)NC. The molecule has 0 saturated carbocycles. The van der Waals surface area contributed by atoms with Gasteiger partial charge in [0.2, 0.25) is 0 Å². The van der Waals surface area contributed by atoms with Gasteiger partial charge in [0.05, 0.1) is 6.61 Å². The van der Waals surface area contributed by atoms with Crippen molar-refractivity contribution in [2.24, 2.45) is 0 Å². The maximum atomic E-state index is 12.5. The van der Waals surface area contributed by atoms with Crippen molar-refractivity contribution < 1.29 is 18.1 Å². The van der Waals surface area contributed by atoms with Gasteiger partial charge in [-0.2, -0.15) is 0 Å². The average molecular weight is 786 g/mol. The Labute approximate surface area is 338 Å². The van der Waals surface area contributed by atoms with Crippen LogP contribution in [0.5, 0.6) is 0 Å². The smallest absolute Gasteiger partial charge is 0.374 e. The molecule has 0 aromatic carbocycles. The van der Waals surface area contributed by atoms with Gasteiger partial charge in [0.25, 0.3) is 0 Å². The Hall–Kier alpha value is 0.0769. The van der Waals surface area contributed by atoms with Gasteiger partial charge in [0.1, 0.15) is 0 Å². The molecule has 1 unspecified atom stereocenters. The lowest BCUT2D eigenvalue weighted by molar-refractivity contribution is -0.111. The first kappa shape index (κ1) is 53.1. The normalized spacial score (nSPS) is 12.5. The molecule has 0 radical (unpaired) electrons. The van der Waals surface area contributed by atoms with Crippen LogP contribution in [0.4, 0.5) is 0 Å². The second-order valence-corrected chi connectivity index (χ2v) is 19.8. The van der Waals surface area contributed by atoms with Gasteiger partial charge in [-0.1, -0.05) is 218 Å². The van der Waals surface area contributed by atoms with Crippen LogP contribution in [-0.4, -0.2) is 52.6 Å². The lowest BCUT2D eigenvalue weighted by atomic mass is 10.0. The molecule has 0 heterocycles. The first-order valence-electron chi connectivity index (χ1n) is 23.8. The van der Waals surface area contributed by atoms with E-state index in [1.807, 2.05) is 20.9 Å². The highest BCUT2D eigenvalue weighted by Crippen LogP contribution is 2.23. The van der Waals surface area contributed by atoms with Crippen molar-refractivity contribution in [2.45, 2.75) is 258 Å². The molecule has 0 rings (SSSR count). The minimum atomic E-state index is -2.77. The molecule has 53 heavy (non-hydrogen) atoms. The van der Waals surface area contributed by atoms with Crippen LogP contribution in [-0.2, 0) is 18.1 Å². The van der Waals surface area contributed by atoms with E-state index in [4.69, 9.17) is 13.3 Å². The summed E-state index contributed by atoms with van der Waals surface area (Å²) < 4.78 is 19.0. The number of carbonyl (C=O) groups excluding carboxylic acids is 1. The highest BCUT2D eigenvalue weighted by atomic mass is 32.2. The van der Waals surface area contributed by atoms with E-state index in [0.29, 0.717) is 37.4 Å². The van der Waals surface area contributed by atoms with Gasteiger partial charge in [-0.3, -0.25) is 4.79 Å². The summed E-state index contributed by atoms with van der Waals surface area (Å²) in [6.07, 6.45) is 45.4. The van der Waals surface area contributed by atoms with Crippen molar-refractivity contribution in [1.82, 2.24) is 5.32 Å². The fourth-order valence-corrected chi connectivity index (χ4v) is 11.1. The van der Waals surface area contributed by atoms with E-state index in [0.717, 1.165) is 31.1 Å². The third kappa shape index (κ3) is 37.4. The standard InChI is InChI=1S/C46H95NO4SSi/c1-6-10-12-14-16-18-20-22-23-24-25-26-28-29-31-33-35-37-40-45(47-5)44-51-53(49-8-3,50-9-4)43-39-42-52-46(48)41-38-36-34-32-30-27-21-19-17-15-13-11-7-2/h45,47H,6-44H2,1-5H3. The minimum absolute atomic E-state index is 0.320. The second kappa shape index (κ2) is 43.2. The molecule has 1 atom stereocenters. The summed E-state index contributed by atoms with van der Waals surface area (Å²) in [7, 11) is -0.718. The second-order valence-electron chi connectivity index (χ2n) is 16.0. The van der Waals surface area contributed by atoms with Crippen LogP contribution in [0.25, 0.3) is 0 Å². The Bertz CT molecular complexity index is 724. The summed E-state index contributed by atoms with van der Waals surface area (Å²) in [6.45, 7) is 10.5. The van der Waals surface area contributed by atoms with E-state index >= 15 is 0 Å². The van der Waals surface area contributed by atoms with E-state index in [1.165, 1.54) is 204 Å². The third-order valence-corrected chi connectivity index (χ3v) is 15.0. The molecule has 0 aromatic heterocycles. The molecular weight excluding hydrogens is 691 g/mol. The topological polar surface area (TPSA) is 56.8 Å².